The van der Waals surface area contributed by atoms with E-state index in [9.17, 15) is 23.3 Å². The third kappa shape index (κ3) is 3.63. The van der Waals surface area contributed by atoms with Gasteiger partial charge in [-0.1, -0.05) is 0 Å². The molecule has 0 heterocycles. The summed E-state index contributed by atoms with van der Waals surface area (Å²) in [5, 5.41) is 26.8. The largest absolute Gasteiger partial charge is 0.480 e. The molecule has 1 aromatic rings. The Bertz CT molecular complexity index is 627. The highest BCUT2D eigenvalue weighted by molar-refractivity contribution is 7.89. The SMILES string of the molecule is CC(Nc1ccc(S(N)(=O)=O)cc1[N+](=O)[O-])C(=O)O. The van der Waals surface area contributed by atoms with E-state index in [1.165, 1.54) is 6.92 Å². The van der Waals surface area contributed by atoms with Crippen LogP contribution in [-0.2, 0) is 14.8 Å². The maximum Gasteiger partial charge on any atom is 0.325 e. The minimum absolute atomic E-state index is 0.104. The quantitative estimate of drug-likeness (QED) is 0.514. The van der Waals surface area contributed by atoms with Gasteiger partial charge in [0.05, 0.1) is 9.82 Å². The highest BCUT2D eigenvalue weighted by Gasteiger charge is 2.21. The summed E-state index contributed by atoms with van der Waals surface area (Å²) in [7, 11) is -4.07. The van der Waals surface area contributed by atoms with E-state index < -0.39 is 37.5 Å². The Morgan fingerprint density at radius 3 is 2.53 bits per heavy atom. The topological polar surface area (TPSA) is 153 Å². The third-order valence-corrected chi connectivity index (χ3v) is 3.15. The van der Waals surface area contributed by atoms with Gasteiger partial charge in [0.25, 0.3) is 5.69 Å². The molecule has 0 bridgehead atoms. The molecule has 0 aromatic heterocycles. The van der Waals surface area contributed by atoms with Crippen molar-refractivity contribution in [2.75, 3.05) is 5.32 Å². The Balaban J connectivity index is 3.27. The van der Waals surface area contributed by atoms with Crippen LogP contribution in [0.3, 0.4) is 0 Å². The number of carbonyl (C=O) groups is 1. The van der Waals surface area contributed by atoms with Gasteiger partial charge in [0, 0.05) is 6.07 Å². The molecular formula is C9H11N3O6S. The number of benzene rings is 1. The van der Waals surface area contributed by atoms with Crippen LogP contribution < -0.4 is 10.5 Å². The molecule has 0 fully saturated rings. The molecule has 0 saturated carbocycles. The van der Waals surface area contributed by atoms with Crippen molar-refractivity contribution in [3.8, 4) is 0 Å². The minimum Gasteiger partial charge on any atom is -0.480 e. The highest BCUT2D eigenvalue weighted by Crippen LogP contribution is 2.27. The third-order valence-electron chi connectivity index (χ3n) is 2.24. The number of carboxylic acids is 1. The first-order chi connectivity index (χ1) is 8.62. The predicted molar refractivity (Wildman–Crippen MR) is 65.2 cm³/mol. The number of nitrogens with one attached hydrogen (secondary N) is 1. The van der Waals surface area contributed by atoms with Crippen molar-refractivity contribution in [1.82, 2.24) is 0 Å². The fraction of sp³-hybridized carbons (Fsp3) is 0.222. The number of anilines is 1. The van der Waals surface area contributed by atoms with E-state index in [0.717, 1.165) is 18.2 Å². The molecule has 0 spiro atoms. The Morgan fingerprint density at radius 1 is 1.53 bits per heavy atom. The molecule has 9 nitrogen and oxygen atoms in total. The summed E-state index contributed by atoms with van der Waals surface area (Å²) in [6, 6.07) is 1.85. The summed E-state index contributed by atoms with van der Waals surface area (Å²) in [5.41, 5.74) is -0.674. The zero-order chi connectivity index (χ0) is 14.8. The van der Waals surface area contributed by atoms with Crippen molar-refractivity contribution in [3.05, 3.63) is 28.3 Å². The van der Waals surface area contributed by atoms with Crippen LogP contribution >= 0.6 is 0 Å². The number of hydrogen-bond acceptors (Lipinski definition) is 6. The van der Waals surface area contributed by atoms with Gasteiger partial charge in [-0.05, 0) is 19.1 Å². The van der Waals surface area contributed by atoms with E-state index in [1.54, 1.807) is 0 Å². The zero-order valence-corrected chi connectivity index (χ0v) is 10.5. The van der Waals surface area contributed by atoms with Gasteiger partial charge < -0.3 is 10.4 Å². The Morgan fingerprint density at radius 2 is 2.11 bits per heavy atom. The Labute approximate surface area is 108 Å². The van der Waals surface area contributed by atoms with E-state index in [1.807, 2.05) is 0 Å². The molecule has 0 saturated heterocycles. The first-order valence-corrected chi connectivity index (χ1v) is 6.48. The van der Waals surface area contributed by atoms with Gasteiger partial charge in [-0.15, -0.1) is 0 Å². The van der Waals surface area contributed by atoms with Crippen LogP contribution in [0.25, 0.3) is 0 Å². The Kier molecular flexibility index (Phi) is 4.07. The number of hydrogen-bond donors (Lipinski definition) is 3. The maximum atomic E-state index is 11.1. The van der Waals surface area contributed by atoms with Crippen LogP contribution in [0.5, 0.6) is 0 Å². The Hall–Kier alpha value is -2.20. The first-order valence-electron chi connectivity index (χ1n) is 4.93. The van der Waals surface area contributed by atoms with Crippen LogP contribution in [-0.4, -0.2) is 30.5 Å². The van der Waals surface area contributed by atoms with Gasteiger partial charge in [0.15, 0.2) is 0 Å². The van der Waals surface area contributed by atoms with E-state index >= 15 is 0 Å². The second-order valence-corrected chi connectivity index (χ2v) is 5.25. The predicted octanol–water partition coefficient (Wildman–Crippen LogP) is 0.127. The lowest BCUT2D eigenvalue weighted by Gasteiger charge is -2.11. The van der Waals surface area contributed by atoms with Crippen molar-refractivity contribution in [1.29, 1.82) is 0 Å². The van der Waals surface area contributed by atoms with Gasteiger partial charge >= 0.3 is 5.97 Å². The van der Waals surface area contributed by atoms with Crippen LogP contribution in [0, 0.1) is 10.1 Å². The van der Waals surface area contributed by atoms with Crippen LogP contribution in [0.4, 0.5) is 11.4 Å². The van der Waals surface area contributed by atoms with Crippen molar-refractivity contribution in [2.45, 2.75) is 17.9 Å². The van der Waals surface area contributed by atoms with Gasteiger partial charge in [-0.25, -0.2) is 13.6 Å². The molecule has 0 aliphatic carbocycles. The van der Waals surface area contributed by atoms with Crippen molar-refractivity contribution < 1.29 is 23.2 Å². The molecule has 1 aromatic carbocycles. The van der Waals surface area contributed by atoms with E-state index in [4.69, 9.17) is 10.2 Å². The number of nitrogens with zero attached hydrogens (tertiary/aromatic N) is 1. The first kappa shape index (κ1) is 14.9. The number of sulfonamides is 1. The van der Waals surface area contributed by atoms with Crippen molar-refractivity contribution >= 4 is 27.4 Å². The number of primary sulfonamides is 1. The van der Waals surface area contributed by atoms with Gasteiger partial charge in [-0.3, -0.25) is 14.9 Å². The molecule has 10 heteroatoms. The fourth-order valence-corrected chi connectivity index (χ4v) is 1.79. The lowest BCUT2D eigenvalue weighted by Crippen LogP contribution is -2.25. The summed E-state index contributed by atoms with van der Waals surface area (Å²) in [6.07, 6.45) is 0. The number of nitro benzene ring substituents is 1. The lowest BCUT2D eigenvalue weighted by molar-refractivity contribution is -0.384. The molecule has 1 unspecified atom stereocenters. The summed E-state index contributed by atoms with van der Waals surface area (Å²) in [5.74, 6) is -1.20. The van der Waals surface area contributed by atoms with Crippen LogP contribution in [0.15, 0.2) is 23.1 Å². The smallest absolute Gasteiger partial charge is 0.325 e. The number of rotatable bonds is 5. The number of nitro groups is 1. The second kappa shape index (κ2) is 5.20. The van der Waals surface area contributed by atoms with Crippen LogP contribution in [0.1, 0.15) is 6.92 Å². The molecule has 0 radical (unpaired) electrons. The van der Waals surface area contributed by atoms with Crippen molar-refractivity contribution in [3.63, 3.8) is 0 Å². The van der Waals surface area contributed by atoms with Gasteiger partial charge in [0.2, 0.25) is 10.0 Å². The fourth-order valence-electron chi connectivity index (χ4n) is 1.26. The summed E-state index contributed by atoms with van der Waals surface area (Å²) in [6.45, 7) is 1.29. The molecule has 4 N–H and O–H groups in total. The molecule has 1 atom stereocenters. The molecule has 0 aliphatic heterocycles. The molecule has 19 heavy (non-hydrogen) atoms. The summed E-state index contributed by atoms with van der Waals surface area (Å²) in [4.78, 5) is 20.2. The number of aliphatic carboxylic acids is 1. The van der Waals surface area contributed by atoms with Crippen LogP contribution in [0.2, 0.25) is 0 Å². The summed E-state index contributed by atoms with van der Waals surface area (Å²) < 4.78 is 22.2. The highest BCUT2D eigenvalue weighted by atomic mass is 32.2. The van der Waals surface area contributed by atoms with E-state index in [0.29, 0.717) is 0 Å². The van der Waals surface area contributed by atoms with Crippen molar-refractivity contribution in [2.24, 2.45) is 5.14 Å². The van der Waals surface area contributed by atoms with E-state index in [-0.39, 0.29) is 5.69 Å². The second-order valence-electron chi connectivity index (χ2n) is 3.69. The zero-order valence-electron chi connectivity index (χ0n) is 9.73. The molecule has 0 aliphatic rings. The average molecular weight is 289 g/mol. The maximum absolute atomic E-state index is 11.1. The lowest BCUT2D eigenvalue weighted by atomic mass is 10.2. The summed E-state index contributed by atoms with van der Waals surface area (Å²) >= 11 is 0. The van der Waals surface area contributed by atoms with E-state index in [2.05, 4.69) is 5.32 Å². The number of carboxylic acid groups (broad SMARTS) is 1. The minimum atomic E-state index is -4.07. The average Bonchev–Trinajstić information content (AvgIpc) is 2.27. The standard InChI is InChI=1S/C9H11N3O6S/c1-5(9(13)14)11-7-3-2-6(19(10,17)18)4-8(7)12(15)16/h2-5,11H,1H3,(H,13,14)(H2,10,17,18). The number of nitrogens with two attached hydrogens (primary N) is 1. The van der Waals surface area contributed by atoms with Gasteiger partial charge in [0.1, 0.15) is 11.7 Å². The normalized spacial score (nSPS) is 12.7. The van der Waals surface area contributed by atoms with Gasteiger partial charge in [-0.2, -0.15) is 0 Å². The molecule has 104 valence electrons. The molecule has 1 rings (SSSR count). The monoisotopic (exact) mass is 289 g/mol. The molecule has 0 amide bonds. The molecular weight excluding hydrogens is 278 g/mol.